The number of allylic oxidation sites excluding steroid dienone is 4. The molecule has 0 aromatic carbocycles. The Hall–Kier alpha value is -2.19. The first-order valence-electron chi connectivity index (χ1n) is 23.1. The second-order valence-electron chi connectivity index (χ2n) is 18.4. The molecule has 0 spiro atoms. The summed E-state index contributed by atoms with van der Waals surface area (Å²) < 4.78 is 17.5. The zero-order chi connectivity index (χ0) is 38.7. The molecular formula is C47H78N2O6. The van der Waals surface area contributed by atoms with Gasteiger partial charge in [-0.2, -0.15) is 0 Å². The van der Waals surface area contributed by atoms with Crippen molar-refractivity contribution >= 4 is 17.9 Å². The summed E-state index contributed by atoms with van der Waals surface area (Å²) in [7, 11) is 0. The smallest absolute Gasteiger partial charge is 0.309 e. The fourth-order valence-electron chi connectivity index (χ4n) is 11.0. The molecule has 8 nitrogen and oxygen atoms in total. The number of piperidine rings is 2. The first-order chi connectivity index (χ1) is 26.8. The van der Waals surface area contributed by atoms with Gasteiger partial charge in [0.1, 0.15) is 19.8 Å². The predicted octanol–water partition coefficient (Wildman–Crippen LogP) is 9.85. The van der Waals surface area contributed by atoms with Gasteiger partial charge in [-0.05, 0) is 159 Å². The zero-order valence-electron chi connectivity index (χ0n) is 35.0. The molecule has 55 heavy (non-hydrogen) atoms. The molecule has 0 radical (unpaired) electrons. The van der Waals surface area contributed by atoms with Crippen LogP contribution in [0.4, 0.5) is 0 Å². The number of ether oxygens (including phenoxy) is 3. The average Bonchev–Trinajstić information content (AvgIpc) is 3.18. The highest BCUT2D eigenvalue weighted by atomic mass is 16.6. The summed E-state index contributed by atoms with van der Waals surface area (Å²) >= 11 is 0. The van der Waals surface area contributed by atoms with Crippen LogP contribution in [-0.2, 0) is 28.6 Å². The highest BCUT2D eigenvalue weighted by molar-refractivity contribution is 5.72. The number of nitrogens with zero attached hydrogens (tertiary/aromatic N) is 2. The number of carbonyl (C=O) groups is 3. The topological polar surface area (TPSA) is 85.4 Å². The lowest BCUT2D eigenvalue weighted by atomic mass is 9.49. The maximum Gasteiger partial charge on any atom is 0.309 e. The van der Waals surface area contributed by atoms with Gasteiger partial charge in [0.2, 0.25) is 0 Å². The summed E-state index contributed by atoms with van der Waals surface area (Å²) in [6, 6.07) is 0.622. The quantitative estimate of drug-likeness (QED) is 0.0393. The molecule has 4 aliphatic carbocycles. The predicted molar refractivity (Wildman–Crippen MR) is 220 cm³/mol. The summed E-state index contributed by atoms with van der Waals surface area (Å²) in [5.74, 6) is 1.35. The van der Waals surface area contributed by atoms with E-state index in [9.17, 15) is 14.4 Å². The van der Waals surface area contributed by atoms with Crippen LogP contribution in [0.3, 0.4) is 0 Å². The number of likely N-dealkylation sites (tertiary alicyclic amines) is 2. The van der Waals surface area contributed by atoms with E-state index in [2.05, 4.69) is 48.0 Å². The van der Waals surface area contributed by atoms with Gasteiger partial charge in [0.05, 0.1) is 18.3 Å². The lowest BCUT2D eigenvalue weighted by Gasteiger charge is -2.56. The standard InChI is InChI=1S/C47H78N2O6/c1-3-5-6-7-8-9-10-11-12-13-14-15-16-17-18-19-44(50)53-35-41(36-54-45(51)34-47-31-38-28-39(32-47)30-40(29-38)33-47)37-55-46(52)42-20-26-49(27-21-42)43-22-24-48(4-2)25-23-43/h8-9,11-12,38-43H,3-7,10,13-37H2,1-2H3/b9-8-,12-11-. The molecule has 6 aliphatic rings. The third-order valence-corrected chi connectivity index (χ3v) is 13.8. The van der Waals surface area contributed by atoms with Crippen LogP contribution >= 0.6 is 0 Å². The molecule has 4 bridgehead atoms. The number of hydrogen-bond acceptors (Lipinski definition) is 8. The summed E-state index contributed by atoms with van der Waals surface area (Å²) in [6.45, 7) is 10.1. The van der Waals surface area contributed by atoms with Crippen molar-refractivity contribution in [3.8, 4) is 0 Å². The van der Waals surface area contributed by atoms with E-state index >= 15 is 0 Å². The molecule has 2 heterocycles. The van der Waals surface area contributed by atoms with Crippen molar-refractivity contribution in [2.75, 3.05) is 52.5 Å². The van der Waals surface area contributed by atoms with Crippen molar-refractivity contribution in [1.29, 1.82) is 0 Å². The maximum absolute atomic E-state index is 13.3. The van der Waals surface area contributed by atoms with Crippen molar-refractivity contribution in [3.63, 3.8) is 0 Å². The SMILES string of the molecule is CCCCC/C=C\C/C=C\CCCCCCCC(=O)OCC(COC(=O)CC12CC3CC(CC(C3)C1)C2)COC(=O)C1CCN(C2CCN(CC)CC2)CC1. The van der Waals surface area contributed by atoms with Gasteiger partial charge in [0.15, 0.2) is 0 Å². The average molecular weight is 767 g/mol. The number of carbonyl (C=O) groups excluding carboxylic acids is 3. The Morgan fingerprint density at radius 3 is 1.84 bits per heavy atom. The summed E-state index contributed by atoms with van der Waals surface area (Å²) in [4.78, 5) is 44.4. The van der Waals surface area contributed by atoms with Crippen molar-refractivity contribution in [2.24, 2.45) is 35.0 Å². The molecule has 0 aromatic rings. The molecule has 2 aliphatic heterocycles. The van der Waals surface area contributed by atoms with Crippen molar-refractivity contribution in [1.82, 2.24) is 9.80 Å². The van der Waals surface area contributed by atoms with E-state index in [1.54, 1.807) is 0 Å². The lowest BCUT2D eigenvalue weighted by Crippen LogP contribution is -2.48. The minimum absolute atomic E-state index is 0.103. The van der Waals surface area contributed by atoms with Crippen LogP contribution in [0.2, 0.25) is 0 Å². The fraction of sp³-hybridized carbons (Fsp3) is 0.851. The van der Waals surface area contributed by atoms with E-state index in [0.717, 1.165) is 95.4 Å². The van der Waals surface area contributed by atoms with Crippen LogP contribution in [0.25, 0.3) is 0 Å². The molecule has 0 amide bonds. The number of esters is 3. The van der Waals surface area contributed by atoms with E-state index in [1.807, 2.05) is 0 Å². The van der Waals surface area contributed by atoms with Gasteiger partial charge in [-0.1, -0.05) is 70.3 Å². The first kappa shape index (κ1) is 43.9. The molecule has 2 saturated heterocycles. The van der Waals surface area contributed by atoms with Crippen LogP contribution in [0.15, 0.2) is 24.3 Å². The molecule has 0 N–H and O–H groups in total. The largest absolute Gasteiger partial charge is 0.465 e. The van der Waals surface area contributed by atoms with Crippen LogP contribution in [0, 0.1) is 35.0 Å². The van der Waals surface area contributed by atoms with Crippen molar-refractivity contribution < 1.29 is 28.6 Å². The van der Waals surface area contributed by atoms with Gasteiger partial charge >= 0.3 is 17.9 Å². The van der Waals surface area contributed by atoms with E-state index in [4.69, 9.17) is 14.2 Å². The van der Waals surface area contributed by atoms with E-state index < -0.39 is 0 Å². The Morgan fingerprint density at radius 1 is 0.655 bits per heavy atom. The number of hydrogen-bond donors (Lipinski definition) is 0. The number of unbranched alkanes of at least 4 members (excludes halogenated alkanes) is 8. The van der Waals surface area contributed by atoms with E-state index in [0.29, 0.717) is 18.9 Å². The maximum atomic E-state index is 13.3. The molecule has 6 fully saturated rings. The van der Waals surface area contributed by atoms with E-state index in [1.165, 1.54) is 89.9 Å². The Bertz CT molecular complexity index is 1160. The highest BCUT2D eigenvalue weighted by Crippen LogP contribution is 2.61. The second kappa shape index (κ2) is 23.9. The van der Waals surface area contributed by atoms with Gasteiger partial charge in [0.25, 0.3) is 0 Å². The van der Waals surface area contributed by atoms with Gasteiger partial charge < -0.3 is 24.0 Å². The monoisotopic (exact) mass is 767 g/mol. The Labute approximate surface area is 334 Å². The minimum atomic E-state index is -0.360. The molecule has 0 aromatic heterocycles. The molecule has 1 atom stereocenters. The van der Waals surface area contributed by atoms with Crippen LogP contribution in [0.5, 0.6) is 0 Å². The zero-order valence-corrected chi connectivity index (χ0v) is 35.0. The summed E-state index contributed by atoms with van der Waals surface area (Å²) in [6.07, 6.45) is 34.1. The lowest BCUT2D eigenvalue weighted by molar-refractivity contribution is -0.159. The van der Waals surface area contributed by atoms with Crippen molar-refractivity contribution in [2.45, 2.75) is 168 Å². The van der Waals surface area contributed by atoms with Crippen molar-refractivity contribution in [3.05, 3.63) is 24.3 Å². The van der Waals surface area contributed by atoms with Gasteiger partial charge in [0, 0.05) is 12.5 Å². The van der Waals surface area contributed by atoms with Crippen LogP contribution < -0.4 is 0 Å². The molecular weight excluding hydrogens is 689 g/mol. The highest BCUT2D eigenvalue weighted by Gasteiger charge is 2.51. The molecule has 312 valence electrons. The second-order valence-corrected chi connectivity index (χ2v) is 18.4. The Balaban J connectivity index is 0.984. The third kappa shape index (κ3) is 15.2. The molecule has 4 saturated carbocycles. The van der Waals surface area contributed by atoms with Crippen LogP contribution in [0.1, 0.15) is 162 Å². The van der Waals surface area contributed by atoms with Gasteiger partial charge in [-0.3, -0.25) is 14.4 Å². The first-order valence-corrected chi connectivity index (χ1v) is 23.1. The summed E-state index contributed by atoms with van der Waals surface area (Å²) in [5.41, 5.74) is 0.115. The van der Waals surface area contributed by atoms with Crippen LogP contribution in [-0.4, -0.2) is 86.3 Å². The Morgan fingerprint density at radius 2 is 1.22 bits per heavy atom. The molecule has 6 rings (SSSR count). The Kier molecular flexibility index (Phi) is 19.1. The molecule has 1 unspecified atom stereocenters. The third-order valence-electron chi connectivity index (χ3n) is 13.8. The van der Waals surface area contributed by atoms with Gasteiger partial charge in [-0.15, -0.1) is 0 Å². The van der Waals surface area contributed by atoms with Gasteiger partial charge in [-0.25, -0.2) is 0 Å². The normalized spacial score (nSPS) is 26.9. The van der Waals surface area contributed by atoms with E-state index in [-0.39, 0.29) is 55.0 Å². The molecule has 8 heteroatoms. The minimum Gasteiger partial charge on any atom is -0.465 e. The summed E-state index contributed by atoms with van der Waals surface area (Å²) in [5, 5.41) is 0. The fourth-order valence-corrected chi connectivity index (χ4v) is 11.0. The number of rotatable bonds is 25.